The van der Waals surface area contributed by atoms with Crippen LogP contribution in [0.2, 0.25) is 0 Å². The van der Waals surface area contributed by atoms with E-state index in [4.69, 9.17) is 4.74 Å². The third-order valence-corrected chi connectivity index (χ3v) is 4.63. The van der Waals surface area contributed by atoms with E-state index < -0.39 is 0 Å². The predicted octanol–water partition coefficient (Wildman–Crippen LogP) is 3.67. The highest BCUT2D eigenvalue weighted by molar-refractivity contribution is 5.90. The number of urea groups is 1. The van der Waals surface area contributed by atoms with Gasteiger partial charge in [-0.1, -0.05) is 24.3 Å². The maximum absolute atomic E-state index is 12.6. The summed E-state index contributed by atoms with van der Waals surface area (Å²) < 4.78 is 5.44. The lowest BCUT2D eigenvalue weighted by Gasteiger charge is -2.36. The summed E-state index contributed by atoms with van der Waals surface area (Å²) in [7, 11) is 1.69. The number of benzene rings is 2. The van der Waals surface area contributed by atoms with Gasteiger partial charge in [0.25, 0.3) is 0 Å². The van der Waals surface area contributed by atoms with E-state index in [-0.39, 0.29) is 6.03 Å². The van der Waals surface area contributed by atoms with Crippen molar-refractivity contribution in [3.8, 4) is 5.75 Å². The third kappa shape index (κ3) is 3.87. The summed E-state index contributed by atoms with van der Waals surface area (Å²) in [5, 5.41) is 3.04. The van der Waals surface area contributed by atoms with Crippen molar-refractivity contribution in [3.05, 3.63) is 53.6 Å². The molecule has 0 spiro atoms. The molecule has 1 aliphatic heterocycles. The second-order valence-electron chi connectivity index (χ2n) is 6.39. The minimum atomic E-state index is -0.0339. The fraction of sp³-hybridized carbons (Fsp3) is 0.350. The molecule has 0 radical (unpaired) electrons. The molecule has 1 heterocycles. The lowest BCUT2D eigenvalue weighted by atomic mass is 10.1. The van der Waals surface area contributed by atoms with Crippen molar-refractivity contribution >= 4 is 17.4 Å². The average molecular weight is 339 g/mol. The second kappa shape index (κ2) is 7.47. The van der Waals surface area contributed by atoms with Gasteiger partial charge in [-0.3, -0.25) is 0 Å². The van der Waals surface area contributed by atoms with Crippen molar-refractivity contribution in [2.75, 3.05) is 43.5 Å². The number of carbonyl (C=O) groups is 1. The summed E-state index contributed by atoms with van der Waals surface area (Å²) in [6.07, 6.45) is 0. The van der Waals surface area contributed by atoms with Gasteiger partial charge in [-0.05, 0) is 43.2 Å². The topological polar surface area (TPSA) is 44.8 Å². The van der Waals surface area contributed by atoms with Crippen LogP contribution in [0.1, 0.15) is 11.1 Å². The zero-order chi connectivity index (χ0) is 17.8. The van der Waals surface area contributed by atoms with E-state index in [9.17, 15) is 4.79 Å². The summed E-state index contributed by atoms with van der Waals surface area (Å²) in [6, 6.07) is 14.1. The Morgan fingerprint density at radius 3 is 2.48 bits per heavy atom. The van der Waals surface area contributed by atoms with Crippen LogP contribution in [0.4, 0.5) is 16.2 Å². The van der Waals surface area contributed by atoms with Crippen molar-refractivity contribution in [2.45, 2.75) is 13.8 Å². The van der Waals surface area contributed by atoms with Crippen LogP contribution in [0.15, 0.2) is 42.5 Å². The molecule has 2 amide bonds. The van der Waals surface area contributed by atoms with Crippen molar-refractivity contribution in [2.24, 2.45) is 0 Å². The van der Waals surface area contributed by atoms with Crippen LogP contribution < -0.4 is 15.0 Å². The molecule has 5 nitrogen and oxygen atoms in total. The first kappa shape index (κ1) is 17.1. The molecule has 5 heteroatoms. The zero-order valence-corrected chi connectivity index (χ0v) is 15.1. The smallest absolute Gasteiger partial charge is 0.321 e. The molecule has 1 saturated heterocycles. The standard InChI is InChI=1S/C20H25N3O2/c1-15-8-9-16(2)17(14-15)21-20(24)23-12-10-22(11-13-23)18-6-4-5-7-19(18)25-3/h4-9,14H,10-13H2,1-3H3,(H,21,24). The highest BCUT2D eigenvalue weighted by Crippen LogP contribution is 2.28. The first-order valence-electron chi connectivity index (χ1n) is 8.59. The number of methoxy groups -OCH3 is 1. The van der Waals surface area contributed by atoms with Crippen LogP contribution >= 0.6 is 0 Å². The van der Waals surface area contributed by atoms with Gasteiger partial charge in [0, 0.05) is 31.9 Å². The van der Waals surface area contributed by atoms with E-state index in [2.05, 4.69) is 22.3 Å². The summed E-state index contributed by atoms with van der Waals surface area (Å²) >= 11 is 0. The van der Waals surface area contributed by atoms with Crippen LogP contribution in [0.5, 0.6) is 5.75 Å². The molecule has 0 bridgehead atoms. The summed E-state index contributed by atoms with van der Waals surface area (Å²) in [4.78, 5) is 16.7. The van der Waals surface area contributed by atoms with Crippen molar-refractivity contribution < 1.29 is 9.53 Å². The molecule has 1 fully saturated rings. The summed E-state index contributed by atoms with van der Waals surface area (Å²) in [5.41, 5.74) is 4.19. The number of anilines is 2. The third-order valence-electron chi connectivity index (χ3n) is 4.63. The number of carbonyl (C=O) groups excluding carboxylic acids is 1. The van der Waals surface area contributed by atoms with E-state index in [0.29, 0.717) is 13.1 Å². The molecule has 1 N–H and O–H groups in total. The van der Waals surface area contributed by atoms with Crippen LogP contribution in [-0.4, -0.2) is 44.2 Å². The molecule has 132 valence electrons. The highest BCUT2D eigenvalue weighted by atomic mass is 16.5. The Balaban J connectivity index is 1.62. The Labute approximate surface area is 149 Å². The van der Waals surface area contributed by atoms with Crippen molar-refractivity contribution in [3.63, 3.8) is 0 Å². The van der Waals surface area contributed by atoms with E-state index in [1.165, 1.54) is 0 Å². The molecule has 25 heavy (non-hydrogen) atoms. The van der Waals surface area contributed by atoms with Gasteiger partial charge in [0.1, 0.15) is 5.75 Å². The van der Waals surface area contributed by atoms with Crippen LogP contribution in [-0.2, 0) is 0 Å². The Kier molecular flexibility index (Phi) is 5.12. The van der Waals surface area contributed by atoms with Gasteiger partial charge in [0.05, 0.1) is 12.8 Å². The van der Waals surface area contributed by atoms with E-state index >= 15 is 0 Å². The van der Waals surface area contributed by atoms with Gasteiger partial charge in [-0.25, -0.2) is 4.79 Å². The van der Waals surface area contributed by atoms with Gasteiger partial charge < -0.3 is 19.9 Å². The second-order valence-corrected chi connectivity index (χ2v) is 6.39. The molecule has 0 aromatic heterocycles. The molecule has 2 aromatic carbocycles. The molecule has 1 aliphatic rings. The number of nitrogens with zero attached hydrogens (tertiary/aromatic N) is 2. The number of aryl methyl sites for hydroxylation is 2. The first-order valence-corrected chi connectivity index (χ1v) is 8.59. The van der Waals surface area contributed by atoms with E-state index in [1.54, 1.807) is 7.11 Å². The lowest BCUT2D eigenvalue weighted by molar-refractivity contribution is 0.208. The Morgan fingerprint density at radius 1 is 1.04 bits per heavy atom. The zero-order valence-electron chi connectivity index (χ0n) is 15.1. The average Bonchev–Trinajstić information content (AvgIpc) is 2.64. The Bertz CT molecular complexity index is 752. The predicted molar refractivity (Wildman–Crippen MR) is 102 cm³/mol. The molecule has 0 aliphatic carbocycles. The SMILES string of the molecule is COc1ccccc1N1CCN(C(=O)Nc2cc(C)ccc2C)CC1. The Hall–Kier alpha value is -2.69. The fourth-order valence-corrected chi connectivity index (χ4v) is 3.11. The number of ether oxygens (including phenoxy) is 1. The monoisotopic (exact) mass is 339 g/mol. The molecule has 2 aromatic rings. The Morgan fingerprint density at radius 2 is 1.76 bits per heavy atom. The molecule has 3 rings (SSSR count). The molecule has 0 saturated carbocycles. The number of nitrogens with one attached hydrogen (secondary N) is 1. The quantitative estimate of drug-likeness (QED) is 0.928. The highest BCUT2D eigenvalue weighted by Gasteiger charge is 2.23. The van der Waals surface area contributed by atoms with Gasteiger partial charge in [-0.2, -0.15) is 0 Å². The number of para-hydroxylation sites is 2. The molecular formula is C20H25N3O2. The van der Waals surface area contributed by atoms with Gasteiger partial charge in [0.2, 0.25) is 0 Å². The number of piperazine rings is 1. The van der Waals surface area contributed by atoms with Gasteiger partial charge in [0.15, 0.2) is 0 Å². The van der Waals surface area contributed by atoms with Gasteiger partial charge in [-0.15, -0.1) is 0 Å². The minimum Gasteiger partial charge on any atom is -0.495 e. The van der Waals surface area contributed by atoms with Crippen LogP contribution in [0, 0.1) is 13.8 Å². The maximum Gasteiger partial charge on any atom is 0.321 e. The van der Waals surface area contributed by atoms with Crippen molar-refractivity contribution in [1.29, 1.82) is 0 Å². The number of hydrogen-bond donors (Lipinski definition) is 1. The lowest BCUT2D eigenvalue weighted by Crippen LogP contribution is -2.50. The van der Waals surface area contributed by atoms with Crippen LogP contribution in [0.25, 0.3) is 0 Å². The largest absolute Gasteiger partial charge is 0.495 e. The summed E-state index contributed by atoms with van der Waals surface area (Å²) in [5.74, 6) is 0.871. The normalized spacial score (nSPS) is 14.4. The van der Waals surface area contributed by atoms with Crippen LogP contribution in [0.3, 0.4) is 0 Å². The number of amides is 2. The van der Waals surface area contributed by atoms with Crippen molar-refractivity contribution in [1.82, 2.24) is 4.90 Å². The first-order chi connectivity index (χ1) is 12.1. The molecule has 0 unspecified atom stereocenters. The minimum absolute atomic E-state index is 0.0339. The number of rotatable bonds is 3. The molecular weight excluding hydrogens is 314 g/mol. The number of hydrogen-bond acceptors (Lipinski definition) is 3. The summed E-state index contributed by atoms with van der Waals surface area (Å²) in [6.45, 7) is 7.00. The van der Waals surface area contributed by atoms with E-state index in [0.717, 1.165) is 41.3 Å². The molecule has 0 atom stereocenters. The fourth-order valence-electron chi connectivity index (χ4n) is 3.11. The maximum atomic E-state index is 12.6. The van der Waals surface area contributed by atoms with Gasteiger partial charge >= 0.3 is 6.03 Å². The van der Waals surface area contributed by atoms with E-state index in [1.807, 2.05) is 49.1 Å².